The predicted molar refractivity (Wildman–Crippen MR) is 112 cm³/mol. The number of rotatable bonds is 5. The number of piperidine rings is 1. The molecule has 4 rings (SSSR count). The van der Waals surface area contributed by atoms with Crippen molar-refractivity contribution in [1.82, 2.24) is 14.8 Å². The number of carbonyl (C=O) groups excluding carboxylic acids is 2. The number of carbonyl (C=O) groups is 2. The molecular formula is C22H25N3O3S. The molecule has 0 radical (unpaired) electrons. The molecule has 7 heteroatoms. The van der Waals surface area contributed by atoms with Crippen LogP contribution in [0.4, 0.5) is 0 Å². The molecule has 0 unspecified atom stereocenters. The molecular weight excluding hydrogens is 386 g/mol. The predicted octanol–water partition coefficient (Wildman–Crippen LogP) is 2.82. The first-order chi connectivity index (χ1) is 14.1. The Kier molecular flexibility index (Phi) is 6.06. The third-order valence-corrected chi connectivity index (χ3v) is 6.41. The molecule has 0 saturated carbocycles. The summed E-state index contributed by atoms with van der Waals surface area (Å²) in [5.41, 5.74) is 0.855. The van der Waals surface area contributed by atoms with Crippen LogP contribution in [0.25, 0.3) is 6.08 Å². The minimum atomic E-state index is -0.435. The third-order valence-electron chi connectivity index (χ3n) is 5.57. The zero-order valence-electron chi connectivity index (χ0n) is 16.4. The fourth-order valence-corrected chi connectivity index (χ4v) is 4.61. The number of hydrogen-bond acceptors (Lipinski definition) is 5. The van der Waals surface area contributed by atoms with E-state index in [4.69, 9.17) is 4.74 Å². The number of likely N-dealkylation sites (tertiary alicyclic amines) is 1. The van der Waals surface area contributed by atoms with Crippen LogP contribution in [0.5, 0.6) is 0 Å². The smallest absolute Gasteiger partial charge is 0.251 e. The van der Waals surface area contributed by atoms with Gasteiger partial charge in [-0.3, -0.25) is 14.6 Å². The molecule has 2 aromatic rings. The highest BCUT2D eigenvalue weighted by Crippen LogP contribution is 2.34. The number of nitrogens with zero attached hydrogens (tertiary/aromatic N) is 3. The van der Waals surface area contributed by atoms with E-state index in [1.807, 2.05) is 46.7 Å². The Morgan fingerprint density at radius 2 is 2.24 bits per heavy atom. The molecule has 2 fully saturated rings. The molecule has 2 saturated heterocycles. The highest BCUT2D eigenvalue weighted by molar-refractivity contribution is 7.10. The van der Waals surface area contributed by atoms with Crippen LogP contribution in [0.1, 0.15) is 23.4 Å². The van der Waals surface area contributed by atoms with E-state index in [-0.39, 0.29) is 17.9 Å². The van der Waals surface area contributed by atoms with Crippen LogP contribution in [0.3, 0.4) is 0 Å². The van der Waals surface area contributed by atoms with E-state index in [9.17, 15) is 9.59 Å². The molecule has 2 aliphatic heterocycles. The first-order valence-electron chi connectivity index (χ1n) is 9.91. The fraction of sp³-hybridized carbons (Fsp3) is 0.409. The van der Waals surface area contributed by atoms with Gasteiger partial charge in [-0.05, 0) is 48.4 Å². The van der Waals surface area contributed by atoms with Crippen molar-refractivity contribution >= 4 is 29.2 Å². The van der Waals surface area contributed by atoms with E-state index < -0.39 is 6.10 Å². The van der Waals surface area contributed by atoms with Crippen LogP contribution in [0.2, 0.25) is 0 Å². The zero-order chi connectivity index (χ0) is 20.2. The summed E-state index contributed by atoms with van der Waals surface area (Å²) in [6, 6.07) is 9.64. The molecule has 0 bridgehead atoms. The van der Waals surface area contributed by atoms with Gasteiger partial charge in [0.15, 0.2) is 0 Å². The monoisotopic (exact) mass is 411 g/mol. The fourth-order valence-electron chi connectivity index (χ4n) is 3.99. The van der Waals surface area contributed by atoms with E-state index in [1.165, 1.54) is 0 Å². The number of pyridine rings is 1. The van der Waals surface area contributed by atoms with Gasteiger partial charge >= 0.3 is 0 Å². The van der Waals surface area contributed by atoms with Crippen LogP contribution in [0.15, 0.2) is 48.0 Å². The van der Waals surface area contributed by atoms with Crippen LogP contribution in [0, 0.1) is 5.92 Å². The van der Waals surface area contributed by atoms with Gasteiger partial charge in [-0.15, -0.1) is 11.3 Å². The van der Waals surface area contributed by atoms with Gasteiger partial charge < -0.3 is 14.5 Å². The number of likely N-dealkylation sites (N-methyl/N-ethyl adjacent to an activating group) is 1. The van der Waals surface area contributed by atoms with Crippen molar-refractivity contribution in [2.45, 2.75) is 31.6 Å². The Balaban J connectivity index is 1.31. The van der Waals surface area contributed by atoms with Gasteiger partial charge in [0.05, 0.1) is 18.3 Å². The van der Waals surface area contributed by atoms with Crippen LogP contribution < -0.4 is 0 Å². The standard InChI is InChI=1S/C22H25N3O3S/c1-24(14-17-5-2-3-10-23-17)22(27)19-13-16-9-11-25(15-20(16)28-19)21(26)8-7-18-6-4-12-29-18/h2-8,10,12,16,19-20H,9,11,13-15H2,1H3/b8-7+/t16-,19+,20-/m0/s1. The van der Waals surface area contributed by atoms with Gasteiger partial charge in [0.25, 0.3) is 5.91 Å². The summed E-state index contributed by atoms with van der Waals surface area (Å²) in [5.74, 6) is 0.320. The second-order valence-corrected chi connectivity index (χ2v) is 8.58. The summed E-state index contributed by atoms with van der Waals surface area (Å²) in [6.07, 6.45) is 6.31. The van der Waals surface area contributed by atoms with E-state index in [0.717, 1.165) is 23.4 Å². The number of aromatic nitrogens is 1. The van der Waals surface area contributed by atoms with Crippen molar-refractivity contribution in [2.75, 3.05) is 20.1 Å². The number of fused-ring (bicyclic) bond motifs is 1. The van der Waals surface area contributed by atoms with Gasteiger partial charge in [-0.1, -0.05) is 12.1 Å². The molecule has 6 nitrogen and oxygen atoms in total. The van der Waals surface area contributed by atoms with Crippen molar-refractivity contribution < 1.29 is 14.3 Å². The third kappa shape index (κ3) is 4.74. The van der Waals surface area contributed by atoms with Crippen molar-refractivity contribution in [1.29, 1.82) is 0 Å². The molecule has 152 valence electrons. The van der Waals surface area contributed by atoms with E-state index in [0.29, 0.717) is 25.6 Å². The van der Waals surface area contributed by atoms with Crippen molar-refractivity contribution in [3.05, 3.63) is 58.6 Å². The van der Waals surface area contributed by atoms with Crippen molar-refractivity contribution in [2.24, 2.45) is 5.92 Å². The summed E-state index contributed by atoms with van der Waals surface area (Å²) in [4.78, 5) is 34.2. The molecule has 2 amide bonds. The highest BCUT2D eigenvalue weighted by Gasteiger charge is 2.43. The lowest BCUT2D eigenvalue weighted by atomic mass is 9.91. The molecule has 4 heterocycles. The maximum Gasteiger partial charge on any atom is 0.251 e. The Labute approximate surface area is 174 Å². The number of amides is 2. The number of hydrogen-bond donors (Lipinski definition) is 0. The second kappa shape index (κ2) is 8.88. The quantitative estimate of drug-likeness (QED) is 0.710. The summed E-state index contributed by atoms with van der Waals surface area (Å²) >= 11 is 1.60. The molecule has 2 aliphatic rings. The van der Waals surface area contributed by atoms with E-state index in [2.05, 4.69) is 4.98 Å². The van der Waals surface area contributed by atoms with Gasteiger partial charge in [0.1, 0.15) is 6.10 Å². The van der Waals surface area contributed by atoms with Gasteiger partial charge in [0.2, 0.25) is 5.91 Å². The number of ether oxygens (including phenoxy) is 1. The van der Waals surface area contributed by atoms with Gasteiger partial charge in [-0.25, -0.2) is 0 Å². The number of thiophene rings is 1. The largest absolute Gasteiger partial charge is 0.363 e. The van der Waals surface area contributed by atoms with Crippen molar-refractivity contribution in [3.63, 3.8) is 0 Å². The van der Waals surface area contributed by atoms with Gasteiger partial charge in [-0.2, -0.15) is 0 Å². The Hall–Kier alpha value is -2.51. The summed E-state index contributed by atoms with van der Waals surface area (Å²) in [5, 5.41) is 1.99. The topological polar surface area (TPSA) is 62.7 Å². The maximum absolute atomic E-state index is 12.8. The summed E-state index contributed by atoms with van der Waals surface area (Å²) in [7, 11) is 1.79. The molecule has 0 aliphatic carbocycles. The SMILES string of the molecule is CN(Cc1ccccn1)C(=O)[C@H]1C[C@@H]2CCN(C(=O)/C=C/c3cccs3)C[C@@H]2O1. The Morgan fingerprint density at radius 3 is 3.00 bits per heavy atom. The lowest BCUT2D eigenvalue weighted by molar-refractivity contribution is -0.143. The van der Waals surface area contributed by atoms with Crippen LogP contribution in [-0.4, -0.2) is 58.9 Å². The average Bonchev–Trinajstić information content (AvgIpc) is 3.41. The lowest BCUT2D eigenvalue weighted by Gasteiger charge is -2.33. The molecule has 0 aromatic carbocycles. The Morgan fingerprint density at radius 1 is 1.34 bits per heavy atom. The molecule has 3 atom stereocenters. The second-order valence-electron chi connectivity index (χ2n) is 7.60. The summed E-state index contributed by atoms with van der Waals surface area (Å²) < 4.78 is 6.09. The van der Waals surface area contributed by atoms with Crippen LogP contribution >= 0.6 is 11.3 Å². The van der Waals surface area contributed by atoms with Crippen molar-refractivity contribution in [3.8, 4) is 0 Å². The molecule has 0 spiro atoms. The normalized spacial score (nSPS) is 23.9. The first kappa shape index (κ1) is 19.8. The minimum absolute atomic E-state index is 0.00231. The molecule has 2 aromatic heterocycles. The average molecular weight is 412 g/mol. The van der Waals surface area contributed by atoms with E-state index in [1.54, 1.807) is 35.6 Å². The molecule has 0 N–H and O–H groups in total. The maximum atomic E-state index is 12.8. The van der Waals surface area contributed by atoms with Crippen LogP contribution in [-0.2, 0) is 20.9 Å². The molecule has 29 heavy (non-hydrogen) atoms. The highest BCUT2D eigenvalue weighted by atomic mass is 32.1. The zero-order valence-corrected chi connectivity index (χ0v) is 17.3. The Bertz CT molecular complexity index is 869. The van der Waals surface area contributed by atoms with Gasteiger partial charge in [0, 0.05) is 37.3 Å². The lowest BCUT2D eigenvalue weighted by Crippen LogP contribution is -2.45. The first-order valence-corrected chi connectivity index (χ1v) is 10.8. The minimum Gasteiger partial charge on any atom is -0.363 e. The van der Waals surface area contributed by atoms with E-state index >= 15 is 0 Å². The summed E-state index contributed by atoms with van der Waals surface area (Å²) in [6.45, 7) is 1.72.